The number of hydrogen-bond donors (Lipinski definition) is 0. The van der Waals surface area contributed by atoms with E-state index in [2.05, 4.69) is 163 Å². The summed E-state index contributed by atoms with van der Waals surface area (Å²) in [6.07, 6.45) is 10.9. The zero-order valence-corrected chi connectivity index (χ0v) is 27.9. The first-order valence-corrected chi connectivity index (χ1v) is 17.4. The van der Waals surface area contributed by atoms with E-state index in [-0.39, 0.29) is 11.6 Å². The van der Waals surface area contributed by atoms with Gasteiger partial charge in [-0.3, -0.25) is 4.98 Å². The second kappa shape index (κ2) is 10.0. The molecule has 1 aliphatic carbocycles. The molecule has 0 amide bonds. The number of nitrogens with zero attached hydrogens (tertiary/aromatic N) is 3. The fourth-order valence-corrected chi connectivity index (χ4v) is 9.38. The van der Waals surface area contributed by atoms with Gasteiger partial charge in [0.15, 0.2) is 0 Å². The highest BCUT2D eigenvalue weighted by Gasteiger charge is 2.37. The van der Waals surface area contributed by atoms with Crippen molar-refractivity contribution in [2.24, 2.45) is 0 Å². The molecule has 1 unspecified atom stereocenters. The van der Waals surface area contributed by atoms with Crippen LogP contribution >= 0.6 is 11.3 Å². The molecular weight excluding hydrogens is 603 g/mol. The minimum absolute atomic E-state index is 0.0868. The van der Waals surface area contributed by atoms with Crippen molar-refractivity contribution < 1.29 is 0 Å². The molecule has 3 aliphatic rings. The van der Waals surface area contributed by atoms with Gasteiger partial charge in [-0.1, -0.05) is 86.7 Å². The predicted molar refractivity (Wildman–Crippen MR) is 204 cm³/mol. The molecule has 4 heterocycles. The Morgan fingerprint density at radius 2 is 1.29 bits per heavy atom. The molecular formula is C44H33N3S. The lowest BCUT2D eigenvalue weighted by molar-refractivity contribution is 0.661. The molecule has 4 heteroatoms. The van der Waals surface area contributed by atoms with Crippen molar-refractivity contribution in [2.75, 3.05) is 16.8 Å². The normalized spacial score (nSPS) is 17.0. The van der Waals surface area contributed by atoms with Gasteiger partial charge >= 0.3 is 0 Å². The first-order chi connectivity index (χ1) is 23.4. The van der Waals surface area contributed by atoms with Gasteiger partial charge in [-0.05, 0) is 115 Å². The maximum absolute atomic E-state index is 4.21. The predicted octanol–water partition coefficient (Wildman–Crippen LogP) is 11.3. The summed E-state index contributed by atoms with van der Waals surface area (Å²) >= 11 is 1.88. The number of fused-ring (bicyclic) bond motifs is 9. The Morgan fingerprint density at radius 1 is 0.667 bits per heavy atom. The van der Waals surface area contributed by atoms with E-state index in [0.29, 0.717) is 0 Å². The van der Waals surface area contributed by atoms with E-state index in [4.69, 9.17) is 0 Å². The van der Waals surface area contributed by atoms with Crippen LogP contribution in [0.2, 0.25) is 0 Å². The van der Waals surface area contributed by atoms with Crippen LogP contribution in [0.3, 0.4) is 0 Å². The van der Waals surface area contributed by atoms with Crippen LogP contribution in [0.1, 0.15) is 30.5 Å². The number of thiophene rings is 1. The molecule has 0 spiro atoms. The van der Waals surface area contributed by atoms with E-state index < -0.39 is 0 Å². The van der Waals surface area contributed by atoms with E-state index in [0.717, 1.165) is 0 Å². The van der Waals surface area contributed by atoms with Crippen molar-refractivity contribution in [1.29, 1.82) is 0 Å². The number of likely N-dealkylation sites (N-methyl/N-ethyl adjacent to an activating group) is 1. The Kier molecular flexibility index (Phi) is 5.77. The third-order valence-electron chi connectivity index (χ3n) is 10.7. The quantitative estimate of drug-likeness (QED) is 0.193. The van der Waals surface area contributed by atoms with Crippen LogP contribution in [-0.2, 0) is 5.41 Å². The number of rotatable bonds is 3. The van der Waals surface area contributed by atoms with Gasteiger partial charge in [-0.15, -0.1) is 11.3 Å². The summed E-state index contributed by atoms with van der Waals surface area (Å²) < 4.78 is 1.34. The lowest BCUT2D eigenvalue weighted by Crippen LogP contribution is -2.38. The molecule has 10 rings (SSSR count). The van der Waals surface area contributed by atoms with Gasteiger partial charge in [0.05, 0.1) is 5.69 Å². The third kappa shape index (κ3) is 3.96. The summed E-state index contributed by atoms with van der Waals surface area (Å²) in [4.78, 5) is 9.05. The molecule has 48 heavy (non-hydrogen) atoms. The highest BCUT2D eigenvalue weighted by atomic mass is 32.1. The summed E-state index contributed by atoms with van der Waals surface area (Å²) in [6, 6.07) is 40.7. The first kappa shape index (κ1) is 27.6. The Morgan fingerprint density at radius 3 is 2.04 bits per heavy atom. The van der Waals surface area contributed by atoms with Gasteiger partial charge in [0.1, 0.15) is 11.2 Å². The summed E-state index contributed by atoms with van der Waals surface area (Å²) in [5.74, 6) is 0. The zero-order chi connectivity index (χ0) is 32.1. The minimum atomic E-state index is -0.0868. The Labute approximate surface area is 284 Å². The van der Waals surface area contributed by atoms with Crippen LogP contribution in [0.4, 0.5) is 10.7 Å². The molecule has 0 saturated carbocycles. The summed E-state index contributed by atoms with van der Waals surface area (Å²) in [5.41, 5.74) is 14.1. The topological polar surface area (TPSA) is 19.4 Å². The molecule has 7 aromatic rings. The second-order valence-corrected chi connectivity index (χ2v) is 14.8. The van der Waals surface area contributed by atoms with Gasteiger partial charge in [0.25, 0.3) is 0 Å². The van der Waals surface area contributed by atoms with Crippen LogP contribution in [0.15, 0.2) is 140 Å². The molecule has 0 N–H and O–H groups in total. The maximum Gasteiger partial charge on any atom is 0.126 e. The average molecular weight is 636 g/mol. The van der Waals surface area contributed by atoms with Crippen LogP contribution in [-0.4, -0.2) is 18.2 Å². The Hall–Kier alpha value is -5.45. The van der Waals surface area contributed by atoms with E-state index in [1.165, 1.54) is 87.2 Å². The van der Waals surface area contributed by atoms with Gasteiger partial charge in [0, 0.05) is 41.1 Å². The Balaban J connectivity index is 0.969. The fraction of sp³-hybridized carbons (Fsp3) is 0.114. The van der Waals surface area contributed by atoms with E-state index in [9.17, 15) is 0 Å². The molecule has 0 radical (unpaired) electrons. The molecule has 2 aliphatic heterocycles. The SMILES string of the molecule is CN1c2c(sc3ccccc23)N2C=C(c3ccc4cc(-c5ccc6c(c5)C(C)(C)c5cc(-c7ccncc7)ccc5-6)ccc4c3)C=CC12. The molecule has 1 atom stereocenters. The number of aromatic nitrogens is 1. The zero-order valence-electron chi connectivity index (χ0n) is 27.1. The summed E-state index contributed by atoms with van der Waals surface area (Å²) in [7, 11) is 2.21. The van der Waals surface area contributed by atoms with Crippen LogP contribution < -0.4 is 9.80 Å². The third-order valence-corrected chi connectivity index (χ3v) is 11.9. The smallest absolute Gasteiger partial charge is 0.126 e. The van der Waals surface area contributed by atoms with Crippen molar-refractivity contribution in [1.82, 2.24) is 4.98 Å². The summed E-state index contributed by atoms with van der Waals surface area (Å²) in [6.45, 7) is 4.72. The van der Waals surface area contributed by atoms with Crippen molar-refractivity contribution >= 4 is 48.5 Å². The lowest BCUT2D eigenvalue weighted by Gasteiger charge is -2.29. The van der Waals surface area contributed by atoms with Crippen molar-refractivity contribution in [3.63, 3.8) is 0 Å². The van der Waals surface area contributed by atoms with Gasteiger partial charge in [-0.25, -0.2) is 0 Å². The van der Waals surface area contributed by atoms with Crippen LogP contribution in [0, 0.1) is 0 Å². The van der Waals surface area contributed by atoms with Crippen molar-refractivity contribution in [3.05, 3.63) is 157 Å². The molecule has 5 aromatic carbocycles. The van der Waals surface area contributed by atoms with Gasteiger partial charge in [-0.2, -0.15) is 0 Å². The fourth-order valence-electron chi connectivity index (χ4n) is 8.13. The number of hydrogen-bond acceptors (Lipinski definition) is 4. The largest absolute Gasteiger partial charge is 0.348 e. The molecule has 230 valence electrons. The second-order valence-electron chi connectivity index (χ2n) is 13.8. The van der Waals surface area contributed by atoms with Crippen LogP contribution in [0.25, 0.3) is 59.8 Å². The molecule has 0 saturated heterocycles. The summed E-state index contributed by atoms with van der Waals surface area (Å²) in [5, 5.41) is 5.18. The molecule has 0 bridgehead atoms. The highest BCUT2D eigenvalue weighted by molar-refractivity contribution is 7.23. The Bertz CT molecular complexity index is 2520. The maximum atomic E-state index is 4.21. The van der Waals surface area contributed by atoms with Crippen molar-refractivity contribution in [2.45, 2.75) is 25.4 Å². The highest BCUT2D eigenvalue weighted by Crippen LogP contribution is 2.53. The standard InChI is InChI=1S/C44H33N3S/c1-44(2)38-24-32(27-18-20-45-21-19-27)12-15-35(38)36-16-13-33(25-39(36)44)30-9-8-29-23-31(11-10-28(29)22-30)34-14-17-41-46(3)42-37-6-4-5-7-40(37)48-43(42)47(41)26-34/h4-26,41H,1-3H3. The first-order valence-electron chi connectivity index (χ1n) is 16.6. The van der Waals surface area contributed by atoms with Crippen LogP contribution in [0.5, 0.6) is 0 Å². The van der Waals surface area contributed by atoms with Crippen molar-refractivity contribution in [3.8, 4) is 33.4 Å². The minimum Gasteiger partial charge on any atom is -0.348 e. The van der Waals surface area contributed by atoms with E-state index >= 15 is 0 Å². The number of benzene rings is 5. The molecule has 0 fully saturated rings. The van der Waals surface area contributed by atoms with Gasteiger partial charge in [0.2, 0.25) is 0 Å². The number of pyridine rings is 1. The van der Waals surface area contributed by atoms with E-state index in [1.807, 2.05) is 23.7 Å². The molecule has 3 nitrogen and oxygen atoms in total. The monoisotopic (exact) mass is 635 g/mol. The lowest BCUT2D eigenvalue weighted by atomic mass is 9.81. The van der Waals surface area contributed by atoms with Gasteiger partial charge < -0.3 is 9.80 Å². The average Bonchev–Trinajstić information content (AvgIpc) is 3.73. The number of allylic oxidation sites excluding steroid dienone is 2. The number of anilines is 2. The van der Waals surface area contributed by atoms with E-state index in [1.54, 1.807) is 0 Å². The molecule has 2 aromatic heterocycles.